The fourth-order valence-corrected chi connectivity index (χ4v) is 6.54. The summed E-state index contributed by atoms with van der Waals surface area (Å²) in [5, 5.41) is 2.97. The van der Waals surface area contributed by atoms with E-state index in [0.29, 0.717) is 12.3 Å². The van der Waals surface area contributed by atoms with Gasteiger partial charge in [0.2, 0.25) is 11.8 Å². The molecule has 8 nitrogen and oxygen atoms in total. The predicted molar refractivity (Wildman–Crippen MR) is 180 cm³/mol. The highest BCUT2D eigenvalue weighted by Gasteiger charge is 2.34. The summed E-state index contributed by atoms with van der Waals surface area (Å²) in [5.41, 5.74) is 1.69. The highest BCUT2D eigenvalue weighted by atomic mass is 79.9. The minimum atomic E-state index is -4.32. The molecule has 0 unspecified atom stereocenters. The number of anilines is 1. The lowest BCUT2D eigenvalue weighted by molar-refractivity contribution is -0.140. The number of benzene rings is 4. The number of methoxy groups -OCH3 is 1. The van der Waals surface area contributed by atoms with E-state index in [-0.39, 0.29) is 29.5 Å². The summed E-state index contributed by atoms with van der Waals surface area (Å²) in [4.78, 5) is 29.6. The van der Waals surface area contributed by atoms with Crippen LogP contribution in [-0.2, 0) is 32.6 Å². The second kappa shape index (κ2) is 16.4. The van der Waals surface area contributed by atoms with Gasteiger partial charge < -0.3 is 15.0 Å². The third-order valence-corrected chi connectivity index (χ3v) is 9.72. The lowest BCUT2D eigenvalue weighted by atomic mass is 10.0. The van der Waals surface area contributed by atoms with Gasteiger partial charge in [0.1, 0.15) is 24.2 Å². The number of sulfonamides is 1. The van der Waals surface area contributed by atoms with Gasteiger partial charge in [-0.1, -0.05) is 71.7 Å². The van der Waals surface area contributed by atoms with Gasteiger partial charge in [-0.2, -0.15) is 0 Å². The number of hydrogen-bond donors (Lipinski definition) is 1. The van der Waals surface area contributed by atoms with Gasteiger partial charge in [0, 0.05) is 24.0 Å². The number of carbonyl (C=O) groups excluding carboxylic acids is 2. The van der Waals surface area contributed by atoms with Gasteiger partial charge in [-0.3, -0.25) is 13.9 Å². The van der Waals surface area contributed by atoms with Crippen LogP contribution in [0.1, 0.15) is 30.9 Å². The molecule has 4 aromatic carbocycles. The van der Waals surface area contributed by atoms with E-state index in [4.69, 9.17) is 4.74 Å². The Hall–Kier alpha value is -4.22. The van der Waals surface area contributed by atoms with Crippen molar-refractivity contribution in [2.24, 2.45) is 0 Å². The Morgan fingerprint density at radius 2 is 1.54 bits per heavy atom. The molecule has 242 valence electrons. The SMILES string of the molecule is CCCCNC(=O)[C@@H](Cc1ccccc1)N(Cc1ccc(Br)cc1)C(=O)CN(c1ccc(F)cc1)S(=O)(=O)c1ccc(OC)cc1. The summed E-state index contributed by atoms with van der Waals surface area (Å²) in [6, 6.07) is 26.4. The van der Waals surface area contributed by atoms with Gasteiger partial charge in [0.15, 0.2) is 0 Å². The molecule has 0 spiro atoms. The van der Waals surface area contributed by atoms with Gasteiger partial charge in [0.05, 0.1) is 17.7 Å². The minimum Gasteiger partial charge on any atom is -0.497 e. The van der Waals surface area contributed by atoms with Gasteiger partial charge >= 0.3 is 0 Å². The third-order valence-electron chi connectivity index (χ3n) is 7.41. The molecule has 2 amide bonds. The molecule has 0 aromatic heterocycles. The van der Waals surface area contributed by atoms with Crippen molar-refractivity contribution < 1.29 is 27.1 Å². The van der Waals surface area contributed by atoms with Crippen LogP contribution < -0.4 is 14.4 Å². The first-order chi connectivity index (χ1) is 22.1. The number of amides is 2. The van der Waals surface area contributed by atoms with Crippen LogP contribution in [-0.4, -0.2) is 51.4 Å². The number of ether oxygens (including phenoxy) is 1. The maximum Gasteiger partial charge on any atom is 0.264 e. The topological polar surface area (TPSA) is 96.0 Å². The van der Waals surface area contributed by atoms with Crippen molar-refractivity contribution in [3.05, 3.63) is 125 Å². The zero-order valence-corrected chi connectivity index (χ0v) is 28.1. The Balaban J connectivity index is 1.78. The Labute approximate surface area is 278 Å². The molecule has 0 aliphatic heterocycles. The molecule has 0 radical (unpaired) electrons. The third kappa shape index (κ3) is 9.17. The van der Waals surface area contributed by atoms with E-state index in [1.807, 2.05) is 61.5 Å². The monoisotopic (exact) mass is 709 g/mol. The number of rotatable bonds is 15. The zero-order valence-electron chi connectivity index (χ0n) is 25.7. The first-order valence-corrected chi connectivity index (χ1v) is 17.1. The molecule has 0 bridgehead atoms. The molecule has 4 aromatic rings. The Morgan fingerprint density at radius 3 is 2.15 bits per heavy atom. The maximum atomic E-state index is 14.4. The summed E-state index contributed by atoms with van der Waals surface area (Å²) in [6.07, 6.45) is 1.85. The van der Waals surface area contributed by atoms with Crippen LogP contribution in [0.15, 0.2) is 112 Å². The second-order valence-corrected chi connectivity index (χ2v) is 13.4. The lowest BCUT2D eigenvalue weighted by Crippen LogP contribution is -2.53. The quantitative estimate of drug-likeness (QED) is 0.145. The molecule has 0 saturated carbocycles. The Bertz CT molecular complexity index is 1690. The van der Waals surface area contributed by atoms with E-state index in [0.717, 1.165) is 44.9 Å². The van der Waals surface area contributed by atoms with Crippen LogP contribution in [0.5, 0.6) is 5.75 Å². The first kappa shape index (κ1) is 34.6. The normalized spacial score (nSPS) is 11.8. The maximum absolute atomic E-state index is 14.4. The van der Waals surface area contributed by atoms with Crippen molar-refractivity contribution in [1.82, 2.24) is 10.2 Å². The van der Waals surface area contributed by atoms with Gasteiger partial charge in [0.25, 0.3) is 10.0 Å². The first-order valence-electron chi connectivity index (χ1n) is 14.9. The molecule has 1 N–H and O–H groups in total. The van der Waals surface area contributed by atoms with E-state index in [2.05, 4.69) is 21.2 Å². The second-order valence-electron chi connectivity index (χ2n) is 10.7. The number of halogens is 2. The van der Waals surface area contributed by atoms with Gasteiger partial charge in [-0.05, 0) is 78.2 Å². The van der Waals surface area contributed by atoms with Crippen molar-refractivity contribution in [1.29, 1.82) is 0 Å². The Kier molecular flexibility index (Phi) is 12.3. The standard InChI is InChI=1S/C35H37BrFN3O5S/c1-3-4-22-38-35(42)33(23-26-8-6-5-7-9-26)39(24-27-10-12-28(36)13-11-27)34(41)25-40(30-16-14-29(37)15-17-30)46(43,44)32-20-18-31(45-2)19-21-32/h5-21,33H,3-4,22-25H2,1-2H3,(H,38,42)/t33-/m1/s1. The average molecular weight is 711 g/mol. The van der Waals surface area contributed by atoms with Gasteiger partial charge in [-0.15, -0.1) is 0 Å². The van der Waals surface area contributed by atoms with Crippen molar-refractivity contribution >= 4 is 43.5 Å². The summed E-state index contributed by atoms with van der Waals surface area (Å²) in [6.45, 7) is 1.87. The van der Waals surface area contributed by atoms with Crippen LogP contribution in [0.4, 0.5) is 10.1 Å². The van der Waals surface area contributed by atoms with E-state index >= 15 is 0 Å². The molecule has 1 atom stereocenters. The molecular weight excluding hydrogens is 673 g/mol. The molecule has 0 heterocycles. The zero-order chi connectivity index (χ0) is 33.1. The van der Waals surface area contributed by atoms with Crippen LogP contribution in [0.3, 0.4) is 0 Å². The van der Waals surface area contributed by atoms with Crippen LogP contribution >= 0.6 is 15.9 Å². The van der Waals surface area contributed by atoms with E-state index < -0.39 is 34.3 Å². The minimum absolute atomic E-state index is 0.0463. The molecule has 46 heavy (non-hydrogen) atoms. The summed E-state index contributed by atoms with van der Waals surface area (Å²) in [5.74, 6) is -1.03. The molecular formula is C35H37BrFN3O5S. The average Bonchev–Trinajstić information content (AvgIpc) is 3.07. The fourth-order valence-electron chi connectivity index (χ4n) is 4.86. The molecule has 0 fully saturated rings. The number of carbonyl (C=O) groups is 2. The summed E-state index contributed by atoms with van der Waals surface area (Å²) in [7, 11) is -2.85. The number of nitrogens with zero attached hydrogens (tertiary/aromatic N) is 2. The number of hydrogen-bond acceptors (Lipinski definition) is 5. The van der Waals surface area contributed by atoms with Crippen molar-refractivity contribution in [2.45, 2.75) is 43.7 Å². The molecule has 4 rings (SSSR count). The Morgan fingerprint density at radius 1 is 0.891 bits per heavy atom. The molecule has 0 saturated heterocycles. The van der Waals surface area contributed by atoms with Crippen LogP contribution in [0.2, 0.25) is 0 Å². The smallest absolute Gasteiger partial charge is 0.264 e. The van der Waals surface area contributed by atoms with E-state index in [1.54, 1.807) is 0 Å². The molecule has 0 aliphatic rings. The van der Waals surface area contributed by atoms with E-state index in [9.17, 15) is 22.4 Å². The summed E-state index contributed by atoms with van der Waals surface area (Å²) >= 11 is 3.44. The fraction of sp³-hybridized carbons (Fsp3) is 0.257. The van der Waals surface area contributed by atoms with Crippen LogP contribution in [0.25, 0.3) is 0 Å². The largest absolute Gasteiger partial charge is 0.497 e. The highest BCUT2D eigenvalue weighted by Crippen LogP contribution is 2.27. The highest BCUT2D eigenvalue weighted by molar-refractivity contribution is 9.10. The number of unbranched alkanes of at least 4 members (excludes halogenated alkanes) is 1. The number of nitrogens with one attached hydrogen (secondary N) is 1. The van der Waals surface area contributed by atoms with Crippen molar-refractivity contribution in [3.8, 4) is 5.75 Å². The predicted octanol–water partition coefficient (Wildman–Crippen LogP) is 6.35. The van der Waals surface area contributed by atoms with Crippen molar-refractivity contribution in [2.75, 3.05) is 24.5 Å². The molecule has 0 aliphatic carbocycles. The van der Waals surface area contributed by atoms with Crippen LogP contribution in [0, 0.1) is 5.82 Å². The van der Waals surface area contributed by atoms with E-state index in [1.165, 1.54) is 48.4 Å². The van der Waals surface area contributed by atoms with Gasteiger partial charge in [-0.25, -0.2) is 12.8 Å². The molecule has 11 heteroatoms. The van der Waals surface area contributed by atoms with Crippen molar-refractivity contribution in [3.63, 3.8) is 0 Å². The summed E-state index contributed by atoms with van der Waals surface area (Å²) < 4.78 is 49.1. The lowest BCUT2D eigenvalue weighted by Gasteiger charge is -2.34.